The minimum Gasteiger partial charge on any atom is -0.382 e. The molecule has 0 unspecified atom stereocenters. The van der Waals surface area contributed by atoms with Gasteiger partial charge in [-0.15, -0.1) is 5.10 Å². The maximum Gasteiger partial charge on any atom is 0.174 e. The lowest BCUT2D eigenvalue weighted by Crippen LogP contribution is -2.05. The van der Waals surface area contributed by atoms with Crippen LogP contribution in [0.15, 0.2) is 18.6 Å². The van der Waals surface area contributed by atoms with Crippen molar-refractivity contribution in [3.63, 3.8) is 0 Å². The Morgan fingerprint density at radius 1 is 1.53 bits per heavy atom. The molecule has 3 N–H and O–H groups in total. The van der Waals surface area contributed by atoms with E-state index in [-0.39, 0.29) is 5.82 Å². The fourth-order valence-electron chi connectivity index (χ4n) is 1.41. The van der Waals surface area contributed by atoms with Crippen molar-refractivity contribution in [2.24, 2.45) is 0 Å². The van der Waals surface area contributed by atoms with E-state index in [1.807, 2.05) is 13.0 Å². The van der Waals surface area contributed by atoms with E-state index in [9.17, 15) is 0 Å². The minimum atomic E-state index is 0.254. The van der Waals surface area contributed by atoms with Crippen molar-refractivity contribution < 1.29 is 0 Å². The molecule has 0 aliphatic heterocycles. The topological polar surface area (TPSA) is 105 Å². The maximum atomic E-state index is 9.03. The lowest BCUT2D eigenvalue weighted by molar-refractivity contribution is 0.847. The SMILES string of the molecule is CCNc1nn(-c2cnccn2)c(N)c1C#N. The summed E-state index contributed by atoms with van der Waals surface area (Å²) in [7, 11) is 0. The third-order valence-corrected chi connectivity index (χ3v) is 2.14. The largest absolute Gasteiger partial charge is 0.382 e. The molecule has 0 saturated heterocycles. The fourth-order valence-corrected chi connectivity index (χ4v) is 1.41. The van der Waals surface area contributed by atoms with Gasteiger partial charge < -0.3 is 11.1 Å². The van der Waals surface area contributed by atoms with Crippen molar-refractivity contribution in [2.45, 2.75) is 6.92 Å². The Kier molecular flexibility index (Phi) is 2.87. The van der Waals surface area contributed by atoms with Crippen molar-refractivity contribution in [1.82, 2.24) is 19.7 Å². The van der Waals surface area contributed by atoms with Crippen LogP contribution >= 0.6 is 0 Å². The number of aromatic nitrogens is 4. The fraction of sp³-hybridized carbons (Fsp3) is 0.200. The summed E-state index contributed by atoms with van der Waals surface area (Å²) in [4.78, 5) is 8.01. The molecule has 0 aliphatic carbocycles. The van der Waals surface area contributed by atoms with Crippen LogP contribution in [0.3, 0.4) is 0 Å². The molecule has 17 heavy (non-hydrogen) atoms. The zero-order valence-electron chi connectivity index (χ0n) is 9.25. The predicted molar refractivity (Wildman–Crippen MR) is 62.4 cm³/mol. The highest BCUT2D eigenvalue weighted by Gasteiger charge is 2.16. The van der Waals surface area contributed by atoms with E-state index in [0.717, 1.165) is 0 Å². The van der Waals surface area contributed by atoms with Gasteiger partial charge >= 0.3 is 0 Å². The molecule has 0 bridgehead atoms. The van der Waals surface area contributed by atoms with Crippen LogP contribution in [0.4, 0.5) is 11.6 Å². The number of nitrogens with zero attached hydrogens (tertiary/aromatic N) is 5. The van der Waals surface area contributed by atoms with E-state index in [1.54, 1.807) is 6.20 Å². The number of rotatable bonds is 3. The van der Waals surface area contributed by atoms with Crippen molar-refractivity contribution in [3.05, 3.63) is 24.2 Å². The molecule has 7 nitrogen and oxygen atoms in total. The molecule has 0 amide bonds. The first-order chi connectivity index (χ1) is 8.27. The molecule has 2 aromatic heterocycles. The lowest BCUT2D eigenvalue weighted by Gasteiger charge is -2.00. The van der Waals surface area contributed by atoms with E-state index in [2.05, 4.69) is 20.4 Å². The van der Waals surface area contributed by atoms with E-state index in [1.165, 1.54) is 17.1 Å². The van der Waals surface area contributed by atoms with Gasteiger partial charge in [0, 0.05) is 18.9 Å². The average molecular weight is 229 g/mol. The number of nitrogens with two attached hydrogens (primary N) is 1. The summed E-state index contributed by atoms with van der Waals surface area (Å²) in [5.74, 6) is 1.19. The Morgan fingerprint density at radius 3 is 2.94 bits per heavy atom. The molecule has 0 spiro atoms. The number of anilines is 2. The van der Waals surface area contributed by atoms with Crippen LogP contribution in [0.5, 0.6) is 0 Å². The molecule has 2 heterocycles. The Balaban J connectivity index is 2.54. The molecular formula is C10H11N7. The summed E-state index contributed by atoms with van der Waals surface area (Å²) in [5, 5.41) is 16.2. The van der Waals surface area contributed by atoms with Gasteiger partial charge in [-0.3, -0.25) is 4.98 Å². The highest BCUT2D eigenvalue weighted by atomic mass is 15.4. The summed E-state index contributed by atoms with van der Waals surface area (Å²) in [6.45, 7) is 2.57. The third kappa shape index (κ3) is 1.88. The lowest BCUT2D eigenvalue weighted by atomic mass is 10.3. The second kappa shape index (κ2) is 4.49. The molecule has 0 fully saturated rings. The maximum absolute atomic E-state index is 9.03. The molecule has 0 aromatic carbocycles. The Morgan fingerprint density at radius 2 is 2.35 bits per heavy atom. The van der Waals surface area contributed by atoms with Crippen LogP contribution in [-0.2, 0) is 0 Å². The highest BCUT2D eigenvalue weighted by Crippen LogP contribution is 2.22. The van der Waals surface area contributed by atoms with Gasteiger partial charge in [0.25, 0.3) is 0 Å². The molecule has 2 aromatic rings. The molecule has 2 rings (SSSR count). The van der Waals surface area contributed by atoms with E-state index < -0.39 is 0 Å². The van der Waals surface area contributed by atoms with Gasteiger partial charge in [-0.25, -0.2) is 4.98 Å². The summed E-state index contributed by atoms with van der Waals surface area (Å²) < 4.78 is 1.39. The summed E-state index contributed by atoms with van der Waals surface area (Å²) in [5.41, 5.74) is 6.16. The molecule has 0 atom stereocenters. The number of nitriles is 1. The third-order valence-electron chi connectivity index (χ3n) is 2.14. The van der Waals surface area contributed by atoms with Crippen LogP contribution in [0, 0.1) is 11.3 Å². The minimum absolute atomic E-state index is 0.254. The first kappa shape index (κ1) is 10.9. The second-order valence-electron chi connectivity index (χ2n) is 3.23. The molecule has 86 valence electrons. The molecule has 0 aliphatic rings. The Hall–Kier alpha value is -2.62. The van der Waals surface area contributed by atoms with Crippen LogP contribution in [0.2, 0.25) is 0 Å². The van der Waals surface area contributed by atoms with Gasteiger partial charge in [0.15, 0.2) is 11.6 Å². The van der Waals surface area contributed by atoms with Crippen LogP contribution in [-0.4, -0.2) is 26.3 Å². The number of hydrogen-bond acceptors (Lipinski definition) is 6. The highest BCUT2D eigenvalue weighted by molar-refractivity contribution is 5.65. The quantitative estimate of drug-likeness (QED) is 0.796. The van der Waals surface area contributed by atoms with Crippen LogP contribution in [0.1, 0.15) is 12.5 Å². The summed E-state index contributed by atoms with van der Waals surface area (Å²) >= 11 is 0. The normalized spacial score (nSPS) is 9.88. The van der Waals surface area contributed by atoms with E-state index in [0.29, 0.717) is 23.7 Å². The Bertz CT molecular complexity index is 552. The zero-order valence-corrected chi connectivity index (χ0v) is 9.25. The van der Waals surface area contributed by atoms with Gasteiger partial charge in [0.1, 0.15) is 17.5 Å². The Labute approximate surface area is 97.9 Å². The number of hydrogen-bond donors (Lipinski definition) is 2. The van der Waals surface area contributed by atoms with Crippen molar-refractivity contribution in [2.75, 3.05) is 17.6 Å². The van der Waals surface area contributed by atoms with Crippen LogP contribution < -0.4 is 11.1 Å². The van der Waals surface area contributed by atoms with Gasteiger partial charge in [-0.1, -0.05) is 0 Å². The van der Waals surface area contributed by atoms with Crippen molar-refractivity contribution in [1.29, 1.82) is 5.26 Å². The molecular weight excluding hydrogens is 218 g/mol. The summed E-state index contributed by atoms with van der Waals surface area (Å²) in [6.07, 6.45) is 4.62. The van der Waals surface area contributed by atoms with Crippen molar-refractivity contribution >= 4 is 11.6 Å². The van der Waals surface area contributed by atoms with Crippen molar-refractivity contribution in [3.8, 4) is 11.9 Å². The van der Waals surface area contributed by atoms with Gasteiger partial charge in [-0.2, -0.15) is 9.94 Å². The monoisotopic (exact) mass is 229 g/mol. The molecule has 0 radical (unpaired) electrons. The average Bonchev–Trinajstić information content (AvgIpc) is 2.67. The first-order valence-electron chi connectivity index (χ1n) is 5.06. The number of nitrogens with one attached hydrogen (secondary N) is 1. The zero-order chi connectivity index (χ0) is 12.3. The van der Waals surface area contributed by atoms with Gasteiger partial charge in [0.05, 0.1) is 6.20 Å². The van der Waals surface area contributed by atoms with Crippen LogP contribution in [0.25, 0.3) is 5.82 Å². The smallest absolute Gasteiger partial charge is 0.174 e. The standard InChI is InChI=1S/C10H11N7/c1-2-14-10-7(5-11)9(12)17(16-10)8-6-13-3-4-15-8/h3-4,6H,2,12H2,1H3,(H,14,16). The second-order valence-corrected chi connectivity index (χ2v) is 3.23. The number of nitrogen functional groups attached to an aromatic ring is 1. The van der Waals surface area contributed by atoms with E-state index >= 15 is 0 Å². The van der Waals surface area contributed by atoms with Gasteiger partial charge in [-0.05, 0) is 6.92 Å². The summed E-state index contributed by atoms with van der Waals surface area (Å²) in [6, 6.07) is 2.02. The van der Waals surface area contributed by atoms with E-state index in [4.69, 9.17) is 11.0 Å². The molecule has 7 heteroatoms. The van der Waals surface area contributed by atoms with Gasteiger partial charge in [0.2, 0.25) is 0 Å². The predicted octanol–water partition coefficient (Wildman–Crippen LogP) is 0.548. The molecule has 0 saturated carbocycles. The first-order valence-corrected chi connectivity index (χ1v) is 5.06.